The summed E-state index contributed by atoms with van der Waals surface area (Å²) in [6.07, 6.45) is 2.69. The monoisotopic (exact) mass is 207 g/mol. The summed E-state index contributed by atoms with van der Waals surface area (Å²) in [7, 11) is 0. The summed E-state index contributed by atoms with van der Waals surface area (Å²) in [4.78, 5) is 8.51. The van der Waals surface area contributed by atoms with E-state index >= 15 is 0 Å². The average molecular weight is 207 g/mol. The van der Waals surface area contributed by atoms with Crippen LogP contribution in [0.2, 0.25) is 0 Å². The van der Waals surface area contributed by atoms with Gasteiger partial charge in [0.25, 0.3) is 0 Å². The van der Waals surface area contributed by atoms with Crippen molar-refractivity contribution < 1.29 is 4.74 Å². The van der Waals surface area contributed by atoms with Crippen LogP contribution in [0.15, 0.2) is 6.07 Å². The van der Waals surface area contributed by atoms with E-state index in [-0.39, 0.29) is 0 Å². The van der Waals surface area contributed by atoms with Crippen molar-refractivity contribution >= 4 is 5.82 Å². The lowest BCUT2D eigenvalue weighted by Crippen LogP contribution is -2.07. The maximum absolute atomic E-state index is 5.36. The first kappa shape index (κ1) is 10.2. The molecule has 1 N–H and O–H groups in total. The van der Waals surface area contributed by atoms with E-state index in [1.54, 1.807) is 0 Å². The maximum atomic E-state index is 5.36. The standard InChI is InChI=1S/C11H17N3O/c1-3-15-11-6-10(13-8(2)14-11)12-7-9-4-5-9/h6,9H,3-5,7H2,1-2H3,(H,12,13,14). The van der Waals surface area contributed by atoms with Crippen molar-refractivity contribution in [1.29, 1.82) is 0 Å². The fourth-order valence-corrected chi connectivity index (χ4v) is 1.42. The lowest BCUT2D eigenvalue weighted by atomic mass is 10.4. The molecule has 0 atom stereocenters. The van der Waals surface area contributed by atoms with Crippen LogP contribution in [-0.4, -0.2) is 23.1 Å². The van der Waals surface area contributed by atoms with Gasteiger partial charge in [-0.3, -0.25) is 0 Å². The molecular weight excluding hydrogens is 190 g/mol. The van der Waals surface area contributed by atoms with E-state index in [9.17, 15) is 0 Å². The van der Waals surface area contributed by atoms with Gasteiger partial charge in [0.1, 0.15) is 11.6 Å². The highest BCUT2D eigenvalue weighted by atomic mass is 16.5. The van der Waals surface area contributed by atoms with Gasteiger partial charge in [0.15, 0.2) is 0 Å². The molecule has 0 spiro atoms. The second kappa shape index (κ2) is 4.47. The zero-order valence-electron chi connectivity index (χ0n) is 9.29. The average Bonchev–Trinajstić information content (AvgIpc) is 2.98. The molecule has 4 heteroatoms. The van der Waals surface area contributed by atoms with Crippen molar-refractivity contribution in [2.45, 2.75) is 26.7 Å². The smallest absolute Gasteiger partial charge is 0.218 e. The molecule has 1 aromatic heterocycles. The van der Waals surface area contributed by atoms with Gasteiger partial charge in [-0.25, -0.2) is 4.98 Å². The van der Waals surface area contributed by atoms with E-state index in [0.717, 1.165) is 24.1 Å². The van der Waals surface area contributed by atoms with Gasteiger partial charge in [-0.15, -0.1) is 0 Å². The van der Waals surface area contributed by atoms with E-state index in [1.165, 1.54) is 12.8 Å². The van der Waals surface area contributed by atoms with Gasteiger partial charge in [0, 0.05) is 12.6 Å². The van der Waals surface area contributed by atoms with Crippen LogP contribution >= 0.6 is 0 Å². The number of nitrogens with one attached hydrogen (secondary N) is 1. The van der Waals surface area contributed by atoms with Gasteiger partial charge in [0.2, 0.25) is 5.88 Å². The highest BCUT2D eigenvalue weighted by molar-refractivity contribution is 5.38. The highest BCUT2D eigenvalue weighted by Gasteiger charge is 2.20. The first-order valence-corrected chi connectivity index (χ1v) is 5.50. The number of hydrogen-bond acceptors (Lipinski definition) is 4. The molecule has 1 aliphatic carbocycles. The Morgan fingerprint density at radius 2 is 2.27 bits per heavy atom. The Hall–Kier alpha value is -1.32. The predicted molar refractivity (Wildman–Crippen MR) is 59.2 cm³/mol. The minimum absolute atomic E-state index is 0.637. The largest absolute Gasteiger partial charge is 0.478 e. The molecule has 4 nitrogen and oxygen atoms in total. The van der Waals surface area contributed by atoms with Crippen LogP contribution in [0.1, 0.15) is 25.6 Å². The Morgan fingerprint density at radius 3 is 2.93 bits per heavy atom. The summed E-state index contributed by atoms with van der Waals surface area (Å²) in [5, 5.41) is 3.32. The third-order valence-corrected chi connectivity index (χ3v) is 2.38. The molecule has 1 heterocycles. The number of anilines is 1. The molecule has 0 saturated heterocycles. The van der Waals surface area contributed by atoms with Crippen molar-refractivity contribution in [3.8, 4) is 5.88 Å². The Balaban J connectivity index is 2.00. The van der Waals surface area contributed by atoms with Gasteiger partial charge in [0.05, 0.1) is 6.61 Å². The zero-order chi connectivity index (χ0) is 10.7. The number of aryl methyl sites for hydroxylation is 1. The number of aromatic nitrogens is 2. The molecule has 1 fully saturated rings. The van der Waals surface area contributed by atoms with Crippen LogP contribution in [0.5, 0.6) is 5.88 Å². The van der Waals surface area contributed by atoms with Crippen LogP contribution in [0.4, 0.5) is 5.82 Å². The van der Waals surface area contributed by atoms with Gasteiger partial charge < -0.3 is 10.1 Å². The van der Waals surface area contributed by atoms with Gasteiger partial charge in [-0.05, 0) is 32.6 Å². The van der Waals surface area contributed by atoms with E-state index in [1.807, 2.05) is 19.9 Å². The molecule has 2 rings (SSSR count). The Bertz CT molecular complexity index is 337. The summed E-state index contributed by atoms with van der Waals surface area (Å²) >= 11 is 0. The number of ether oxygens (including phenoxy) is 1. The summed E-state index contributed by atoms with van der Waals surface area (Å²) in [5.41, 5.74) is 0. The maximum Gasteiger partial charge on any atom is 0.218 e. The highest BCUT2D eigenvalue weighted by Crippen LogP contribution is 2.28. The van der Waals surface area contributed by atoms with Crippen LogP contribution in [0.3, 0.4) is 0 Å². The molecule has 1 aromatic rings. The lowest BCUT2D eigenvalue weighted by Gasteiger charge is -2.07. The topological polar surface area (TPSA) is 47.0 Å². The van der Waals surface area contributed by atoms with Gasteiger partial charge in [-0.2, -0.15) is 4.98 Å². The van der Waals surface area contributed by atoms with E-state index in [0.29, 0.717) is 12.5 Å². The molecule has 0 radical (unpaired) electrons. The van der Waals surface area contributed by atoms with Gasteiger partial charge in [-0.1, -0.05) is 0 Å². The first-order valence-electron chi connectivity index (χ1n) is 5.50. The fraction of sp³-hybridized carbons (Fsp3) is 0.636. The minimum atomic E-state index is 0.637. The normalized spacial score (nSPS) is 15.1. The molecule has 1 saturated carbocycles. The molecule has 0 aromatic carbocycles. The summed E-state index contributed by atoms with van der Waals surface area (Å²) in [5.74, 6) is 3.12. The van der Waals surface area contributed by atoms with Crippen molar-refractivity contribution in [3.05, 3.63) is 11.9 Å². The quantitative estimate of drug-likeness (QED) is 0.802. The third kappa shape index (κ3) is 3.08. The second-order valence-corrected chi connectivity index (χ2v) is 3.90. The summed E-state index contributed by atoms with van der Waals surface area (Å²) < 4.78 is 5.36. The Morgan fingerprint density at radius 1 is 1.47 bits per heavy atom. The van der Waals surface area contributed by atoms with E-state index in [2.05, 4.69) is 15.3 Å². The molecule has 0 bridgehead atoms. The molecule has 1 aliphatic rings. The van der Waals surface area contributed by atoms with Crippen molar-refractivity contribution in [1.82, 2.24) is 9.97 Å². The fourth-order valence-electron chi connectivity index (χ4n) is 1.42. The number of hydrogen-bond donors (Lipinski definition) is 1. The Labute approximate surface area is 90.1 Å². The van der Waals surface area contributed by atoms with Crippen molar-refractivity contribution in [3.63, 3.8) is 0 Å². The van der Waals surface area contributed by atoms with Crippen molar-refractivity contribution in [2.24, 2.45) is 5.92 Å². The van der Waals surface area contributed by atoms with Crippen LogP contribution in [0, 0.1) is 12.8 Å². The van der Waals surface area contributed by atoms with Crippen LogP contribution < -0.4 is 10.1 Å². The predicted octanol–water partition coefficient (Wildman–Crippen LogP) is 2.01. The first-order chi connectivity index (χ1) is 7.28. The second-order valence-electron chi connectivity index (χ2n) is 3.90. The number of rotatable bonds is 5. The summed E-state index contributed by atoms with van der Waals surface area (Å²) in [6, 6.07) is 1.86. The SMILES string of the molecule is CCOc1cc(NCC2CC2)nc(C)n1. The molecule has 15 heavy (non-hydrogen) atoms. The number of nitrogens with zero attached hydrogens (tertiary/aromatic N) is 2. The molecule has 0 amide bonds. The third-order valence-electron chi connectivity index (χ3n) is 2.38. The zero-order valence-corrected chi connectivity index (χ0v) is 9.29. The van der Waals surface area contributed by atoms with E-state index < -0.39 is 0 Å². The van der Waals surface area contributed by atoms with Crippen molar-refractivity contribution in [2.75, 3.05) is 18.5 Å². The molecule has 82 valence electrons. The Kier molecular flexibility index (Phi) is 3.04. The molecule has 0 unspecified atom stereocenters. The minimum Gasteiger partial charge on any atom is -0.478 e. The molecule has 0 aliphatic heterocycles. The van der Waals surface area contributed by atoms with Crippen LogP contribution in [-0.2, 0) is 0 Å². The van der Waals surface area contributed by atoms with Gasteiger partial charge >= 0.3 is 0 Å². The van der Waals surface area contributed by atoms with E-state index in [4.69, 9.17) is 4.74 Å². The molecular formula is C11H17N3O. The summed E-state index contributed by atoms with van der Waals surface area (Å²) in [6.45, 7) is 5.49. The lowest BCUT2D eigenvalue weighted by molar-refractivity contribution is 0.325. The van der Waals surface area contributed by atoms with Crippen LogP contribution in [0.25, 0.3) is 0 Å².